The second-order valence-corrected chi connectivity index (χ2v) is 4.71. The smallest absolute Gasteiger partial charge is 0.327 e. The molecule has 0 saturated carbocycles. The summed E-state index contributed by atoms with van der Waals surface area (Å²) in [6, 6.07) is 0. The lowest BCUT2D eigenvalue weighted by atomic mass is 10.5. The molecule has 0 atom stereocenters. The Balaban J connectivity index is 3.60. The van der Waals surface area contributed by atoms with Gasteiger partial charge in [-0.3, -0.25) is 4.79 Å². The third-order valence-corrected chi connectivity index (χ3v) is 1.80. The molecule has 0 heterocycles. The summed E-state index contributed by atoms with van der Waals surface area (Å²) in [4.78, 5) is 10.7. The number of hydrogen-bond acceptors (Lipinski definition) is 4. The molecule has 13 heavy (non-hydrogen) atoms. The fraction of sp³-hybridized carbons (Fsp3) is 0.857. The molecule has 0 N–H and O–H groups in total. The van der Waals surface area contributed by atoms with Gasteiger partial charge in [0.2, 0.25) is 0 Å². The Morgan fingerprint density at radius 2 is 1.85 bits per heavy atom. The molecule has 0 amide bonds. The van der Waals surface area contributed by atoms with Crippen molar-refractivity contribution >= 4 is 13.6 Å². The molecule has 0 aliphatic carbocycles. The molecule has 0 fully saturated rings. The first kappa shape index (κ1) is 12.3. The van der Waals surface area contributed by atoms with Gasteiger partial charge in [-0.25, -0.2) is 9.13 Å². The monoisotopic (exact) mass is 208 g/mol. The van der Waals surface area contributed by atoms with Gasteiger partial charge in [-0.2, -0.15) is 0 Å². The first-order valence-corrected chi connectivity index (χ1v) is 5.25. The van der Waals surface area contributed by atoms with Crippen LogP contribution in [0.3, 0.4) is 0 Å². The summed E-state index contributed by atoms with van der Waals surface area (Å²) in [5, 5.41) is 0. The molecule has 0 bridgehead atoms. The van der Waals surface area contributed by atoms with Crippen LogP contribution in [0.15, 0.2) is 0 Å². The van der Waals surface area contributed by atoms with Gasteiger partial charge in [0.05, 0.1) is 21.1 Å². The average molecular weight is 208 g/mol. The summed E-state index contributed by atoms with van der Waals surface area (Å²) in [6.45, 7) is 0.923. The Labute approximate surface area is 78.1 Å². The Morgan fingerprint density at radius 1 is 1.31 bits per heavy atom. The van der Waals surface area contributed by atoms with Crippen molar-refractivity contribution in [3.63, 3.8) is 0 Å². The number of quaternary nitrogens is 1. The Kier molecular flexibility index (Phi) is 4.88. The number of likely N-dealkylation sites (N-methyl/N-ethyl adjacent to an activating group) is 1. The Morgan fingerprint density at radius 3 is 2.23 bits per heavy atom. The van der Waals surface area contributed by atoms with Crippen LogP contribution in [0, 0.1) is 0 Å². The van der Waals surface area contributed by atoms with Crippen molar-refractivity contribution in [2.45, 2.75) is 0 Å². The van der Waals surface area contributed by atoms with E-state index in [1.807, 2.05) is 21.1 Å². The van der Waals surface area contributed by atoms with Crippen LogP contribution in [0.5, 0.6) is 0 Å². The van der Waals surface area contributed by atoms with E-state index < -0.39 is 19.8 Å². The zero-order valence-corrected chi connectivity index (χ0v) is 9.04. The number of ether oxygens (including phenoxy) is 1. The molecule has 0 aromatic rings. The van der Waals surface area contributed by atoms with Gasteiger partial charge in [0.25, 0.3) is 0 Å². The molecule has 0 rings (SSSR count). The van der Waals surface area contributed by atoms with Crippen LogP contribution in [0.4, 0.5) is 0 Å². The lowest BCUT2D eigenvalue weighted by molar-refractivity contribution is -0.870. The SMILES string of the molecule is C[N+](C)(C)CCOC(=O)CP(=O)=O. The summed E-state index contributed by atoms with van der Waals surface area (Å²) < 4.78 is 25.6. The molecule has 0 unspecified atom stereocenters. The largest absolute Gasteiger partial charge is 0.459 e. The quantitative estimate of drug-likeness (QED) is 0.373. The zero-order valence-electron chi connectivity index (χ0n) is 8.15. The van der Waals surface area contributed by atoms with Crippen molar-refractivity contribution in [1.82, 2.24) is 0 Å². The summed E-state index contributed by atoms with van der Waals surface area (Å²) in [5.41, 5.74) is 0. The van der Waals surface area contributed by atoms with Crippen LogP contribution in [0.1, 0.15) is 0 Å². The average Bonchev–Trinajstić information content (AvgIpc) is 1.81. The molecule has 0 spiro atoms. The van der Waals surface area contributed by atoms with Crippen LogP contribution in [-0.2, 0) is 18.7 Å². The van der Waals surface area contributed by atoms with Gasteiger partial charge in [-0.1, -0.05) is 0 Å². The van der Waals surface area contributed by atoms with Gasteiger partial charge in [-0.05, 0) is 0 Å². The minimum Gasteiger partial charge on any atom is -0.459 e. The van der Waals surface area contributed by atoms with Crippen molar-refractivity contribution in [2.75, 3.05) is 40.5 Å². The molecule has 0 radical (unpaired) electrons. The van der Waals surface area contributed by atoms with Crippen LogP contribution < -0.4 is 0 Å². The zero-order chi connectivity index (χ0) is 10.5. The molecule has 0 aliphatic rings. The summed E-state index contributed by atoms with van der Waals surface area (Å²) in [6.07, 6.45) is -0.521. The number of nitrogens with zero attached hydrogens (tertiary/aromatic N) is 1. The molecular formula is C7H15NO4P+. The Bertz CT molecular complexity index is 233. The molecule has 6 heteroatoms. The highest BCUT2D eigenvalue weighted by atomic mass is 31.1. The maximum atomic E-state index is 10.7. The van der Waals surface area contributed by atoms with Crippen molar-refractivity contribution < 1.29 is 23.1 Å². The minimum absolute atomic E-state index is 0.255. The van der Waals surface area contributed by atoms with Crippen molar-refractivity contribution in [2.24, 2.45) is 0 Å². The number of carbonyl (C=O) groups excluding carboxylic acids is 1. The Hall–Kier alpha value is -0.670. The van der Waals surface area contributed by atoms with Gasteiger partial charge in [-0.15, -0.1) is 0 Å². The maximum Gasteiger partial charge on any atom is 0.327 e. The first-order valence-electron chi connectivity index (χ1n) is 3.89. The third kappa shape index (κ3) is 9.24. The van der Waals surface area contributed by atoms with Crippen LogP contribution in [0.2, 0.25) is 0 Å². The van der Waals surface area contributed by atoms with E-state index in [4.69, 9.17) is 4.74 Å². The van der Waals surface area contributed by atoms with Crippen molar-refractivity contribution in [3.05, 3.63) is 0 Å². The topological polar surface area (TPSA) is 60.4 Å². The lowest BCUT2D eigenvalue weighted by Gasteiger charge is -2.23. The number of rotatable bonds is 5. The molecular weight excluding hydrogens is 193 g/mol. The predicted molar refractivity (Wildman–Crippen MR) is 47.0 cm³/mol. The second kappa shape index (κ2) is 5.14. The highest BCUT2D eigenvalue weighted by Gasteiger charge is 2.10. The van der Waals surface area contributed by atoms with Gasteiger partial charge in [0.1, 0.15) is 13.2 Å². The highest BCUT2D eigenvalue weighted by molar-refractivity contribution is 7.32. The van der Waals surface area contributed by atoms with Crippen molar-refractivity contribution in [3.8, 4) is 0 Å². The number of carbonyl (C=O) groups is 1. The van der Waals surface area contributed by atoms with Crippen LogP contribution in [0.25, 0.3) is 0 Å². The van der Waals surface area contributed by atoms with E-state index in [2.05, 4.69) is 0 Å². The van der Waals surface area contributed by atoms with Crippen molar-refractivity contribution in [1.29, 1.82) is 0 Å². The molecule has 5 nitrogen and oxygen atoms in total. The standard InChI is InChI=1S/C7H15NO4P/c1-8(2,3)4-5-12-7(9)6-13(10)11/h4-6H2,1-3H3/q+1. The van der Waals surface area contributed by atoms with Gasteiger partial charge < -0.3 is 9.22 Å². The molecule has 0 aliphatic heterocycles. The summed E-state index contributed by atoms with van der Waals surface area (Å²) >= 11 is 0. The third-order valence-electron chi connectivity index (χ3n) is 1.28. The van der Waals surface area contributed by atoms with E-state index in [0.29, 0.717) is 11.0 Å². The van der Waals surface area contributed by atoms with Gasteiger partial charge >= 0.3 is 13.6 Å². The molecule has 0 aromatic heterocycles. The van der Waals surface area contributed by atoms with Gasteiger partial charge in [0.15, 0.2) is 6.16 Å². The summed E-state index contributed by atoms with van der Waals surface area (Å²) in [7, 11) is 3.22. The second-order valence-electron chi connectivity index (χ2n) is 3.73. The fourth-order valence-corrected chi connectivity index (χ4v) is 0.886. The van der Waals surface area contributed by atoms with E-state index in [1.165, 1.54) is 0 Å². The van der Waals surface area contributed by atoms with Crippen LogP contribution in [-0.4, -0.2) is 50.9 Å². The van der Waals surface area contributed by atoms with E-state index in [-0.39, 0.29) is 6.61 Å². The van der Waals surface area contributed by atoms with E-state index >= 15 is 0 Å². The lowest BCUT2D eigenvalue weighted by Crippen LogP contribution is -2.38. The summed E-state index contributed by atoms with van der Waals surface area (Å²) in [5.74, 6) is -0.676. The first-order chi connectivity index (χ1) is 5.81. The molecule has 0 saturated heterocycles. The van der Waals surface area contributed by atoms with E-state index in [1.54, 1.807) is 0 Å². The molecule has 76 valence electrons. The number of esters is 1. The normalized spacial score (nSPS) is 11.0. The number of hydrogen-bond donors (Lipinski definition) is 0. The van der Waals surface area contributed by atoms with E-state index in [9.17, 15) is 13.9 Å². The molecule has 0 aromatic carbocycles. The minimum atomic E-state index is -2.66. The fourth-order valence-electron chi connectivity index (χ4n) is 0.584. The van der Waals surface area contributed by atoms with E-state index in [0.717, 1.165) is 0 Å². The van der Waals surface area contributed by atoms with Crippen LogP contribution >= 0.6 is 7.68 Å². The highest BCUT2D eigenvalue weighted by Crippen LogP contribution is 2.02. The maximum absolute atomic E-state index is 10.7. The predicted octanol–water partition coefficient (Wildman–Crippen LogP) is 0.409. The van der Waals surface area contributed by atoms with Gasteiger partial charge in [0, 0.05) is 0 Å².